The van der Waals surface area contributed by atoms with Crippen molar-refractivity contribution in [2.24, 2.45) is 0 Å². The summed E-state index contributed by atoms with van der Waals surface area (Å²) in [5, 5.41) is 9.48. The topological polar surface area (TPSA) is 56.0 Å². The first-order valence-electron chi connectivity index (χ1n) is 4.36. The Hall–Kier alpha value is -1.12. The van der Waals surface area contributed by atoms with E-state index in [1.807, 2.05) is 27.8 Å². The molecule has 1 rings (SSSR count). The molecule has 4 heteroatoms. The van der Waals surface area contributed by atoms with Crippen molar-refractivity contribution in [1.29, 1.82) is 0 Å². The first-order chi connectivity index (χ1) is 6.24. The SMILES string of the molecule is CC.CNC1=C(C)NC(C)N1.[C-]#[O+]. The van der Waals surface area contributed by atoms with Crippen LogP contribution in [-0.2, 0) is 4.65 Å². The van der Waals surface area contributed by atoms with E-state index in [0.717, 1.165) is 5.82 Å². The molecule has 13 heavy (non-hydrogen) atoms. The Bertz CT molecular complexity index is 175. The van der Waals surface area contributed by atoms with Gasteiger partial charge >= 0.3 is 11.3 Å². The Balaban J connectivity index is 0. The van der Waals surface area contributed by atoms with Crippen molar-refractivity contribution >= 4 is 0 Å². The first-order valence-corrected chi connectivity index (χ1v) is 4.36. The van der Waals surface area contributed by atoms with E-state index in [-0.39, 0.29) is 0 Å². The van der Waals surface area contributed by atoms with Crippen LogP contribution in [0, 0.1) is 6.65 Å². The molecule has 0 saturated carbocycles. The maximum atomic E-state index is 7.50. The number of rotatable bonds is 1. The predicted molar refractivity (Wildman–Crippen MR) is 52.8 cm³/mol. The summed E-state index contributed by atoms with van der Waals surface area (Å²) in [6, 6.07) is 0. The Morgan fingerprint density at radius 1 is 1.31 bits per heavy atom. The fourth-order valence-electron chi connectivity index (χ4n) is 1.02. The number of nitrogens with one attached hydrogen (secondary N) is 3. The second kappa shape index (κ2) is 8.97. The van der Waals surface area contributed by atoms with Crippen LogP contribution in [0.3, 0.4) is 0 Å². The zero-order valence-electron chi connectivity index (χ0n) is 8.99. The van der Waals surface area contributed by atoms with E-state index >= 15 is 0 Å². The van der Waals surface area contributed by atoms with Crippen LogP contribution in [0.15, 0.2) is 11.5 Å². The maximum absolute atomic E-state index is 7.50. The molecule has 0 aromatic carbocycles. The zero-order valence-corrected chi connectivity index (χ0v) is 8.99. The quantitative estimate of drug-likeness (QED) is 0.420. The Morgan fingerprint density at radius 2 is 1.77 bits per heavy atom. The summed E-state index contributed by atoms with van der Waals surface area (Å²) in [7, 11) is 1.91. The van der Waals surface area contributed by atoms with Crippen LogP contribution in [0.5, 0.6) is 0 Å². The van der Waals surface area contributed by atoms with Crippen LogP contribution in [-0.4, -0.2) is 13.2 Å². The molecule has 0 radical (unpaired) electrons. The van der Waals surface area contributed by atoms with Gasteiger partial charge in [0.05, 0.1) is 6.17 Å². The molecule has 0 saturated heterocycles. The van der Waals surface area contributed by atoms with Crippen molar-refractivity contribution in [2.45, 2.75) is 33.9 Å². The van der Waals surface area contributed by atoms with Crippen LogP contribution in [0.4, 0.5) is 0 Å². The summed E-state index contributed by atoms with van der Waals surface area (Å²) in [6.07, 6.45) is 0.368. The van der Waals surface area contributed by atoms with E-state index < -0.39 is 0 Å². The molecule has 76 valence electrons. The van der Waals surface area contributed by atoms with Crippen molar-refractivity contribution in [3.05, 3.63) is 18.2 Å². The molecule has 0 fully saturated rings. The molecular formula is C9H19N3O. The summed E-state index contributed by atoms with van der Waals surface area (Å²) < 4.78 is 7.50. The van der Waals surface area contributed by atoms with E-state index in [0.29, 0.717) is 6.17 Å². The van der Waals surface area contributed by atoms with Crippen LogP contribution in [0.2, 0.25) is 0 Å². The Morgan fingerprint density at radius 3 is 1.92 bits per heavy atom. The van der Waals surface area contributed by atoms with Gasteiger partial charge in [-0.05, 0) is 13.8 Å². The molecule has 1 aliphatic heterocycles. The molecule has 1 unspecified atom stereocenters. The second-order valence-corrected chi connectivity index (χ2v) is 2.26. The van der Waals surface area contributed by atoms with E-state index in [1.54, 1.807) is 0 Å². The van der Waals surface area contributed by atoms with Gasteiger partial charge in [0.1, 0.15) is 5.82 Å². The molecule has 0 spiro atoms. The van der Waals surface area contributed by atoms with Crippen molar-refractivity contribution < 1.29 is 4.65 Å². The second-order valence-electron chi connectivity index (χ2n) is 2.26. The van der Waals surface area contributed by atoms with E-state index in [2.05, 4.69) is 29.5 Å². The monoisotopic (exact) mass is 185 g/mol. The molecule has 0 amide bonds. The zero-order chi connectivity index (χ0) is 10.9. The molecule has 0 aromatic rings. The minimum absolute atomic E-state index is 0.368. The number of allylic oxidation sites excluding steroid dienone is 1. The van der Waals surface area contributed by atoms with Crippen molar-refractivity contribution in [3.63, 3.8) is 0 Å². The first kappa shape index (κ1) is 14.4. The van der Waals surface area contributed by atoms with Crippen molar-refractivity contribution in [3.8, 4) is 0 Å². The summed E-state index contributed by atoms with van der Waals surface area (Å²) in [4.78, 5) is 0. The molecule has 3 N–H and O–H groups in total. The predicted octanol–water partition coefficient (Wildman–Crippen LogP) is 0.922. The van der Waals surface area contributed by atoms with Crippen LogP contribution in [0.1, 0.15) is 27.7 Å². The molecule has 0 bridgehead atoms. The van der Waals surface area contributed by atoms with Crippen molar-refractivity contribution in [2.75, 3.05) is 7.05 Å². The fraction of sp³-hybridized carbons (Fsp3) is 0.667. The third kappa shape index (κ3) is 5.17. The van der Waals surface area contributed by atoms with Gasteiger partial charge in [-0.15, -0.1) is 0 Å². The molecule has 1 aliphatic rings. The molecule has 0 aliphatic carbocycles. The van der Waals surface area contributed by atoms with Crippen molar-refractivity contribution in [1.82, 2.24) is 16.0 Å². The Labute approximate surface area is 80.5 Å². The van der Waals surface area contributed by atoms with Crippen LogP contribution in [0.25, 0.3) is 0 Å². The van der Waals surface area contributed by atoms with Gasteiger partial charge in [0.25, 0.3) is 0 Å². The number of hydrogen-bond donors (Lipinski definition) is 3. The summed E-state index contributed by atoms with van der Waals surface area (Å²) in [6.45, 7) is 12.6. The van der Waals surface area contributed by atoms with Gasteiger partial charge in [-0.25, -0.2) is 0 Å². The average Bonchev–Trinajstić information content (AvgIpc) is 2.51. The van der Waals surface area contributed by atoms with Gasteiger partial charge in [-0.1, -0.05) is 13.8 Å². The molecular weight excluding hydrogens is 166 g/mol. The van der Waals surface area contributed by atoms with Gasteiger partial charge in [0.2, 0.25) is 0 Å². The normalized spacial score (nSPS) is 18.2. The van der Waals surface area contributed by atoms with Gasteiger partial charge in [0, 0.05) is 12.7 Å². The molecule has 0 aromatic heterocycles. The summed E-state index contributed by atoms with van der Waals surface area (Å²) in [5.74, 6) is 1.10. The fourth-order valence-corrected chi connectivity index (χ4v) is 1.02. The molecule has 1 heterocycles. The number of hydrogen-bond acceptors (Lipinski definition) is 3. The van der Waals surface area contributed by atoms with E-state index in [4.69, 9.17) is 4.65 Å². The molecule has 4 nitrogen and oxygen atoms in total. The Kier molecular flexibility index (Phi) is 9.94. The van der Waals surface area contributed by atoms with Gasteiger partial charge < -0.3 is 16.0 Å². The third-order valence-corrected chi connectivity index (χ3v) is 1.42. The standard InChI is InChI=1S/C6H13N3.C2H6.CO/c1-4-6(7-3)9-5(2)8-4;2*1-2/h5,7-9H,1-3H3;1-2H3;. The van der Waals surface area contributed by atoms with Gasteiger partial charge in [-0.2, -0.15) is 0 Å². The minimum atomic E-state index is 0.368. The van der Waals surface area contributed by atoms with Crippen LogP contribution >= 0.6 is 0 Å². The van der Waals surface area contributed by atoms with E-state index in [9.17, 15) is 0 Å². The average molecular weight is 185 g/mol. The van der Waals surface area contributed by atoms with Crippen LogP contribution < -0.4 is 16.0 Å². The summed E-state index contributed by atoms with van der Waals surface area (Å²) in [5.41, 5.74) is 1.19. The van der Waals surface area contributed by atoms with E-state index in [1.165, 1.54) is 5.70 Å². The molecule has 1 atom stereocenters. The van der Waals surface area contributed by atoms with Gasteiger partial charge in [-0.3, -0.25) is 0 Å². The summed E-state index contributed by atoms with van der Waals surface area (Å²) >= 11 is 0. The van der Waals surface area contributed by atoms with Gasteiger partial charge in [0.15, 0.2) is 0 Å². The third-order valence-electron chi connectivity index (χ3n) is 1.42.